The number of benzene rings is 1. The van der Waals surface area contributed by atoms with E-state index in [-0.39, 0.29) is 5.78 Å². The topological polar surface area (TPSA) is 34.9 Å². The fourth-order valence-electron chi connectivity index (χ4n) is 2.09. The second-order valence-electron chi connectivity index (χ2n) is 5.58. The maximum absolute atomic E-state index is 12.0. The van der Waals surface area contributed by atoms with E-state index in [0.29, 0.717) is 18.9 Å². The van der Waals surface area contributed by atoms with Crippen LogP contribution in [0.4, 0.5) is 0 Å². The molecule has 1 aromatic carbocycles. The van der Waals surface area contributed by atoms with Gasteiger partial charge in [-0.05, 0) is 38.8 Å². The van der Waals surface area contributed by atoms with Crippen molar-refractivity contribution in [2.24, 2.45) is 0 Å². The minimum absolute atomic E-state index is 0.250. The normalized spacial score (nSPS) is 11.0. The van der Waals surface area contributed by atoms with Crippen LogP contribution >= 0.6 is 0 Å². The number of carbonyl (C=O) groups is 1. The summed E-state index contributed by atoms with van der Waals surface area (Å²) in [6, 6.07) is 10.6. The van der Waals surface area contributed by atoms with Crippen LogP contribution in [0, 0.1) is 6.92 Å². The minimum Gasteiger partial charge on any atom is -0.299 e. The van der Waals surface area contributed by atoms with Crippen molar-refractivity contribution in [2.45, 2.75) is 46.1 Å². The van der Waals surface area contributed by atoms with Crippen molar-refractivity contribution < 1.29 is 4.79 Å². The van der Waals surface area contributed by atoms with E-state index >= 15 is 0 Å². The van der Waals surface area contributed by atoms with Gasteiger partial charge in [-0.2, -0.15) is 5.10 Å². The number of Topliss-reactive ketones (excluding diaryl/α,β-unsaturated/α-hetero) is 1. The summed E-state index contributed by atoms with van der Waals surface area (Å²) in [4.78, 5) is 12.0. The van der Waals surface area contributed by atoms with E-state index in [1.807, 2.05) is 16.9 Å². The molecular weight excluding hydrogens is 248 g/mol. The molecule has 0 aliphatic carbocycles. The van der Waals surface area contributed by atoms with Gasteiger partial charge in [0, 0.05) is 18.7 Å². The third-order valence-electron chi connectivity index (χ3n) is 3.38. The number of ketones is 1. The highest BCUT2D eigenvalue weighted by Crippen LogP contribution is 2.09. The number of aryl methyl sites for hydroxylation is 2. The third-order valence-corrected chi connectivity index (χ3v) is 3.38. The largest absolute Gasteiger partial charge is 0.299 e. The van der Waals surface area contributed by atoms with Crippen molar-refractivity contribution in [1.82, 2.24) is 9.78 Å². The van der Waals surface area contributed by atoms with E-state index < -0.39 is 0 Å². The Morgan fingerprint density at radius 1 is 1.20 bits per heavy atom. The first-order chi connectivity index (χ1) is 9.54. The van der Waals surface area contributed by atoms with Crippen molar-refractivity contribution in [3.8, 4) is 0 Å². The van der Waals surface area contributed by atoms with Gasteiger partial charge in [-0.3, -0.25) is 9.48 Å². The lowest BCUT2D eigenvalue weighted by Crippen LogP contribution is -2.07. The molecule has 3 heteroatoms. The predicted molar refractivity (Wildman–Crippen MR) is 80.8 cm³/mol. The maximum atomic E-state index is 12.0. The molecule has 1 aromatic heterocycles. The van der Waals surface area contributed by atoms with Gasteiger partial charge in [0.15, 0.2) is 0 Å². The van der Waals surface area contributed by atoms with E-state index in [2.05, 4.69) is 50.1 Å². The minimum atomic E-state index is 0.250. The first-order valence-corrected chi connectivity index (χ1v) is 7.16. The van der Waals surface area contributed by atoms with Crippen LogP contribution in [-0.4, -0.2) is 15.6 Å². The molecule has 0 atom stereocenters. The second-order valence-corrected chi connectivity index (χ2v) is 5.58. The van der Waals surface area contributed by atoms with Gasteiger partial charge < -0.3 is 0 Å². The molecule has 0 aliphatic rings. The Balaban J connectivity index is 1.84. The molecule has 1 heterocycles. The Bertz CT molecular complexity index is 567. The molecule has 0 saturated carbocycles. The van der Waals surface area contributed by atoms with Crippen molar-refractivity contribution in [2.75, 3.05) is 0 Å². The number of rotatable bonds is 6. The highest BCUT2D eigenvalue weighted by atomic mass is 16.1. The van der Waals surface area contributed by atoms with Crippen LogP contribution in [0.15, 0.2) is 36.5 Å². The van der Waals surface area contributed by atoms with E-state index in [1.165, 1.54) is 11.1 Å². The fourth-order valence-corrected chi connectivity index (χ4v) is 2.09. The molecule has 0 amide bonds. The maximum Gasteiger partial charge on any atom is 0.139 e. The molecule has 0 spiro atoms. The summed E-state index contributed by atoms with van der Waals surface area (Å²) in [5.74, 6) is 0.250. The quantitative estimate of drug-likeness (QED) is 0.805. The van der Waals surface area contributed by atoms with Gasteiger partial charge in [0.05, 0.1) is 12.1 Å². The van der Waals surface area contributed by atoms with E-state index in [9.17, 15) is 4.79 Å². The lowest BCUT2D eigenvalue weighted by molar-refractivity contribution is -0.118. The number of nitrogens with zero attached hydrogens (tertiary/aromatic N) is 2. The zero-order valence-corrected chi connectivity index (χ0v) is 12.5. The highest BCUT2D eigenvalue weighted by Gasteiger charge is 2.08. The van der Waals surface area contributed by atoms with Crippen molar-refractivity contribution in [3.63, 3.8) is 0 Å². The molecule has 0 fully saturated rings. The van der Waals surface area contributed by atoms with E-state index in [4.69, 9.17) is 0 Å². The number of aromatic nitrogens is 2. The summed E-state index contributed by atoms with van der Waals surface area (Å²) in [7, 11) is 0. The van der Waals surface area contributed by atoms with Crippen molar-refractivity contribution in [3.05, 3.63) is 53.3 Å². The monoisotopic (exact) mass is 270 g/mol. The van der Waals surface area contributed by atoms with Crippen LogP contribution < -0.4 is 0 Å². The molecule has 2 aromatic rings. The zero-order valence-electron chi connectivity index (χ0n) is 12.5. The Kier molecular flexibility index (Phi) is 4.72. The molecule has 3 nitrogen and oxygen atoms in total. The summed E-state index contributed by atoms with van der Waals surface area (Å²) < 4.78 is 1.89. The van der Waals surface area contributed by atoms with Gasteiger partial charge in [-0.1, -0.05) is 29.8 Å². The SMILES string of the molecule is Cc1ccc(CCC(=O)Cc2ccn(C(C)C)n2)cc1. The van der Waals surface area contributed by atoms with Crippen LogP contribution in [0.5, 0.6) is 0 Å². The highest BCUT2D eigenvalue weighted by molar-refractivity contribution is 5.80. The number of hydrogen-bond donors (Lipinski definition) is 0. The van der Waals surface area contributed by atoms with Gasteiger partial charge in [0.25, 0.3) is 0 Å². The fraction of sp³-hybridized carbons (Fsp3) is 0.412. The van der Waals surface area contributed by atoms with Crippen LogP contribution in [0.3, 0.4) is 0 Å². The van der Waals surface area contributed by atoms with Crippen molar-refractivity contribution >= 4 is 5.78 Å². The average Bonchev–Trinajstić information content (AvgIpc) is 2.87. The van der Waals surface area contributed by atoms with Gasteiger partial charge in [-0.15, -0.1) is 0 Å². The van der Waals surface area contributed by atoms with E-state index in [1.54, 1.807) is 0 Å². The predicted octanol–water partition coefficient (Wildman–Crippen LogP) is 3.52. The van der Waals surface area contributed by atoms with Gasteiger partial charge in [0.2, 0.25) is 0 Å². The Morgan fingerprint density at radius 2 is 1.90 bits per heavy atom. The van der Waals surface area contributed by atoms with Crippen LogP contribution in [-0.2, 0) is 17.6 Å². The average molecular weight is 270 g/mol. The van der Waals surface area contributed by atoms with Crippen molar-refractivity contribution in [1.29, 1.82) is 0 Å². The smallest absolute Gasteiger partial charge is 0.139 e. The first-order valence-electron chi connectivity index (χ1n) is 7.16. The molecule has 20 heavy (non-hydrogen) atoms. The molecule has 0 bridgehead atoms. The summed E-state index contributed by atoms with van der Waals surface area (Å²) in [5, 5.41) is 4.41. The van der Waals surface area contributed by atoms with Gasteiger partial charge in [-0.25, -0.2) is 0 Å². The second kappa shape index (κ2) is 6.51. The van der Waals surface area contributed by atoms with Crippen LogP contribution in [0.2, 0.25) is 0 Å². The van der Waals surface area contributed by atoms with Gasteiger partial charge >= 0.3 is 0 Å². The number of carbonyl (C=O) groups excluding carboxylic acids is 1. The summed E-state index contributed by atoms with van der Waals surface area (Å²) in [6.07, 6.45) is 3.76. The molecular formula is C17H22N2O. The molecule has 0 aliphatic heterocycles. The van der Waals surface area contributed by atoms with Crippen LogP contribution in [0.25, 0.3) is 0 Å². The number of hydrogen-bond acceptors (Lipinski definition) is 2. The van der Waals surface area contributed by atoms with Gasteiger partial charge in [0.1, 0.15) is 5.78 Å². The van der Waals surface area contributed by atoms with E-state index in [0.717, 1.165) is 12.1 Å². The molecule has 0 radical (unpaired) electrons. The molecule has 0 N–H and O–H groups in total. The molecule has 0 unspecified atom stereocenters. The Hall–Kier alpha value is -1.90. The Labute approximate surface area is 120 Å². The van der Waals surface area contributed by atoms with Crippen LogP contribution in [0.1, 0.15) is 43.1 Å². The zero-order chi connectivity index (χ0) is 14.5. The molecule has 106 valence electrons. The Morgan fingerprint density at radius 3 is 2.50 bits per heavy atom. The standard InChI is InChI=1S/C17H22N2O/c1-13(2)19-11-10-16(18-19)12-17(20)9-8-15-6-4-14(3)5-7-15/h4-7,10-11,13H,8-9,12H2,1-3H3. The molecule has 0 saturated heterocycles. The first kappa shape index (κ1) is 14.5. The lowest BCUT2D eigenvalue weighted by atomic mass is 10.0. The molecule has 2 rings (SSSR count). The third kappa shape index (κ3) is 4.05. The summed E-state index contributed by atoms with van der Waals surface area (Å²) in [5.41, 5.74) is 3.34. The lowest BCUT2D eigenvalue weighted by Gasteiger charge is -2.04. The summed E-state index contributed by atoms with van der Waals surface area (Å²) >= 11 is 0. The summed E-state index contributed by atoms with van der Waals surface area (Å²) in [6.45, 7) is 6.23.